The van der Waals surface area contributed by atoms with Crippen molar-refractivity contribution in [3.05, 3.63) is 35.4 Å². The normalized spacial score (nSPS) is 16.6. The summed E-state index contributed by atoms with van der Waals surface area (Å²) in [7, 11) is -1.85. The molecular formula is C17H27N3O3S. The second-order valence-corrected chi connectivity index (χ2v) is 8.67. The van der Waals surface area contributed by atoms with E-state index in [4.69, 9.17) is 0 Å². The van der Waals surface area contributed by atoms with E-state index in [0.717, 1.165) is 23.9 Å². The monoisotopic (exact) mass is 353 g/mol. The number of sulfonamides is 1. The van der Waals surface area contributed by atoms with Crippen LogP contribution in [0.25, 0.3) is 0 Å². The highest BCUT2D eigenvalue weighted by Gasteiger charge is 2.25. The number of aryl methyl sites for hydroxylation is 1. The van der Waals surface area contributed by atoms with Crippen molar-refractivity contribution in [2.45, 2.75) is 20.4 Å². The van der Waals surface area contributed by atoms with Crippen LogP contribution < -0.4 is 0 Å². The molecule has 0 radical (unpaired) electrons. The SMILES string of the molecule is CCS(=O)(=O)N(C)CC(=O)N1CCN(Cc2cccc(C)c2)CC1. The lowest BCUT2D eigenvalue weighted by Gasteiger charge is -2.35. The van der Waals surface area contributed by atoms with E-state index in [1.54, 1.807) is 11.8 Å². The molecule has 7 heteroatoms. The molecule has 0 aromatic heterocycles. The van der Waals surface area contributed by atoms with Crippen LogP contribution in [0.3, 0.4) is 0 Å². The third-order valence-electron chi connectivity index (χ3n) is 4.41. The van der Waals surface area contributed by atoms with Crippen molar-refractivity contribution in [2.75, 3.05) is 45.5 Å². The fourth-order valence-electron chi connectivity index (χ4n) is 2.83. The molecular weight excluding hydrogens is 326 g/mol. The highest BCUT2D eigenvalue weighted by Crippen LogP contribution is 2.11. The molecule has 134 valence electrons. The minimum absolute atomic E-state index is 0.0149. The van der Waals surface area contributed by atoms with Crippen LogP contribution in [0.4, 0.5) is 0 Å². The average molecular weight is 353 g/mol. The summed E-state index contributed by atoms with van der Waals surface area (Å²) in [6, 6.07) is 8.45. The first kappa shape index (κ1) is 18.9. The molecule has 1 aliphatic rings. The van der Waals surface area contributed by atoms with Crippen LogP contribution in [-0.4, -0.2) is 74.0 Å². The molecule has 1 fully saturated rings. The van der Waals surface area contributed by atoms with Crippen molar-refractivity contribution in [3.63, 3.8) is 0 Å². The van der Waals surface area contributed by atoms with E-state index in [0.29, 0.717) is 13.1 Å². The van der Waals surface area contributed by atoms with Crippen LogP contribution in [0.15, 0.2) is 24.3 Å². The second-order valence-electron chi connectivity index (χ2n) is 6.30. The molecule has 0 aliphatic carbocycles. The maximum atomic E-state index is 12.3. The van der Waals surface area contributed by atoms with Crippen LogP contribution >= 0.6 is 0 Å². The van der Waals surface area contributed by atoms with Crippen molar-refractivity contribution < 1.29 is 13.2 Å². The molecule has 0 saturated carbocycles. The van der Waals surface area contributed by atoms with Gasteiger partial charge in [-0.2, -0.15) is 4.31 Å². The van der Waals surface area contributed by atoms with Crippen molar-refractivity contribution in [1.29, 1.82) is 0 Å². The average Bonchev–Trinajstić information content (AvgIpc) is 2.55. The number of benzene rings is 1. The molecule has 2 rings (SSSR count). The Bertz CT molecular complexity index is 667. The highest BCUT2D eigenvalue weighted by molar-refractivity contribution is 7.89. The van der Waals surface area contributed by atoms with E-state index in [2.05, 4.69) is 36.1 Å². The molecule has 24 heavy (non-hydrogen) atoms. The fourth-order valence-corrected chi connectivity index (χ4v) is 3.58. The number of carbonyl (C=O) groups excluding carboxylic acids is 1. The van der Waals surface area contributed by atoms with Crippen molar-refractivity contribution in [3.8, 4) is 0 Å². The fraction of sp³-hybridized carbons (Fsp3) is 0.588. The molecule has 0 bridgehead atoms. The summed E-state index contributed by atoms with van der Waals surface area (Å²) >= 11 is 0. The lowest BCUT2D eigenvalue weighted by molar-refractivity contribution is -0.133. The van der Waals surface area contributed by atoms with Crippen LogP contribution in [0.2, 0.25) is 0 Å². The molecule has 6 nitrogen and oxygen atoms in total. The van der Waals surface area contributed by atoms with E-state index in [-0.39, 0.29) is 18.2 Å². The van der Waals surface area contributed by atoms with Crippen molar-refractivity contribution in [2.24, 2.45) is 0 Å². The minimum Gasteiger partial charge on any atom is -0.339 e. The van der Waals surface area contributed by atoms with Gasteiger partial charge in [0.05, 0.1) is 12.3 Å². The zero-order chi connectivity index (χ0) is 17.7. The zero-order valence-corrected chi connectivity index (χ0v) is 15.6. The summed E-state index contributed by atoms with van der Waals surface area (Å²) in [5, 5.41) is 0. The summed E-state index contributed by atoms with van der Waals surface area (Å²) in [5.41, 5.74) is 2.53. The Morgan fingerprint density at radius 2 is 1.88 bits per heavy atom. The van der Waals surface area contributed by atoms with E-state index in [1.165, 1.54) is 18.2 Å². The van der Waals surface area contributed by atoms with Gasteiger partial charge in [-0.15, -0.1) is 0 Å². The summed E-state index contributed by atoms with van der Waals surface area (Å²) in [4.78, 5) is 16.4. The largest absolute Gasteiger partial charge is 0.339 e. The molecule has 1 saturated heterocycles. The third-order valence-corrected chi connectivity index (χ3v) is 6.22. The maximum absolute atomic E-state index is 12.3. The van der Waals surface area contributed by atoms with Gasteiger partial charge in [0.25, 0.3) is 0 Å². The smallest absolute Gasteiger partial charge is 0.237 e. The number of amides is 1. The topological polar surface area (TPSA) is 60.9 Å². The van der Waals surface area contributed by atoms with Gasteiger partial charge >= 0.3 is 0 Å². The number of carbonyl (C=O) groups is 1. The first-order chi connectivity index (χ1) is 11.3. The van der Waals surface area contributed by atoms with Gasteiger partial charge in [0.2, 0.25) is 15.9 Å². The number of hydrogen-bond donors (Lipinski definition) is 0. The predicted octanol–water partition coefficient (Wildman–Crippen LogP) is 0.921. The van der Waals surface area contributed by atoms with Gasteiger partial charge < -0.3 is 4.90 Å². The quantitative estimate of drug-likeness (QED) is 0.763. The Morgan fingerprint density at radius 1 is 1.21 bits per heavy atom. The van der Waals surface area contributed by atoms with Gasteiger partial charge in [-0.25, -0.2) is 8.42 Å². The standard InChI is InChI=1S/C17H27N3O3S/c1-4-24(22,23)18(3)14-17(21)20-10-8-19(9-11-20)13-16-7-5-6-15(2)12-16/h5-7,12H,4,8-11,13-14H2,1-3H3. The van der Waals surface area contributed by atoms with Gasteiger partial charge in [-0.05, 0) is 19.4 Å². The molecule has 1 aromatic rings. The summed E-state index contributed by atoms with van der Waals surface area (Å²) in [5.74, 6) is -0.106. The highest BCUT2D eigenvalue weighted by atomic mass is 32.2. The zero-order valence-electron chi connectivity index (χ0n) is 14.7. The minimum atomic E-state index is -3.31. The number of piperazine rings is 1. The van der Waals surface area contributed by atoms with Gasteiger partial charge in [0, 0.05) is 39.8 Å². The lowest BCUT2D eigenvalue weighted by Crippen LogP contribution is -2.51. The number of rotatable bonds is 6. The number of likely N-dealkylation sites (N-methyl/N-ethyl adjacent to an activating group) is 1. The summed E-state index contributed by atoms with van der Waals surface area (Å²) < 4.78 is 24.6. The predicted molar refractivity (Wildman–Crippen MR) is 95.1 cm³/mol. The van der Waals surface area contributed by atoms with E-state index >= 15 is 0 Å². The molecule has 1 amide bonds. The Kier molecular flexibility index (Phi) is 6.37. The first-order valence-electron chi connectivity index (χ1n) is 8.31. The number of hydrogen-bond acceptors (Lipinski definition) is 4. The second kappa shape index (κ2) is 8.09. The van der Waals surface area contributed by atoms with Crippen LogP contribution in [0, 0.1) is 6.92 Å². The Balaban J connectivity index is 1.83. The Hall–Kier alpha value is -1.44. The molecule has 1 heterocycles. The van der Waals surface area contributed by atoms with E-state index < -0.39 is 10.0 Å². The van der Waals surface area contributed by atoms with Gasteiger partial charge in [0.1, 0.15) is 0 Å². The Labute approximate surface area is 145 Å². The molecule has 0 unspecified atom stereocenters. The maximum Gasteiger partial charge on any atom is 0.237 e. The Morgan fingerprint density at radius 3 is 2.46 bits per heavy atom. The van der Waals surface area contributed by atoms with Crippen LogP contribution in [0.1, 0.15) is 18.1 Å². The van der Waals surface area contributed by atoms with E-state index in [1.807, 2.05) is 0 Å². The summed E-state index contributed by atoms with van der Waals surface area (Å²) in [6.45, 7) is 7.38. The van der Waals surface area contributed by atoms with Gasteiger partial charge in [0.15, 0.2) is 0 Å². The molecule has 0 N–H and O–H groups in total. The van der Waals surface area contributed by atoms with Gasteiger partial charge in [-0.1, -0.05) is 29.8 Å². The van der Waals surface area contributed by atoms with Crippen molar-refractivity contribution in [1.82, 2.24) is 14.1 Å². The van der Waals surface area contributed by atoms with Crippen LogP contribution in [0.5, 0.6) is 0 Å². The van der Waals surface area contributed by atoms with Gasteiger partial charge in [-0.3, -0.25) is 9.69 Å². The molecule has 0 atom stereocenters. The molecule has 1 aliphatic heterocycles. The summed E-state index contributed by atoms with van der Waals surface area (Å²) in [6.07, 6.45) is 0. The number of nitrogens with zero attached hydrogens (tertiary/aromatic N) is 3. The third kappa shape index (κ3) is 5.03. The van der Waals surface area contributed by atoms with Crippen molar-refractivity contribution >= 4 is 15.9 Å². The first-order valence-corrected chi connectivity index (χ1v) is 9.92. The van der Waals surface area contributed by atoms with E-state index in [9.17, 15) is 13.2 Å². The lowest BCUT2D eigenvalue weighted by atomic mass is 10.1. The van der Waals surface area contributed by atoms with Crippen LogP contribution in [-0.2, 0) is 21.4 Å². The molecule has 1 aromatic carbocycles. The molecule has 0 spiro atoms.